The van der Waals surface area contributed by atoms with Gasteiger partial charge < -0.3 is 9.73 Å². The largest absolute Gasteiger partial charge is 0.469 e. The van der Waals surface area contributed by atoms with Crippen molar-refractivity contribution in [2.24, 2.45) is 0 Å². The Hall–Kier alpha value is -1.48. The number of anilines is 1. The van der Waals surface area contributed by atoms with Crippen LogP contribution in [0.2, 0.25) is 5.02 Å². The van der Waals surface area contributed by atoms with Gasteiger partial charge >= 0.3 is 0 Å². The average molecular weight is 266 g/mol. The molecule has 0 aliphatic heterocycles. The first kappa shape index (κ1) is 11.6. The van der Waals surface area contributed by atoms with Crippen molar-refractivity contribution in [1.29, 1.82) is 0 Å². The summed E-state index contributed by atoms with van der Waals surface area (Å²) < 4.78 is 19.3. The average Bonchev–Trinajstić information content (AvgIpc) is 2.84. The third-order valence-electron chi connectivity index (χ3n) is 3.33. The number of nitrogens with one attached hydrogen (secondary N) is 1. The number of hydrogen-bond acceptors (Lipinski definition) is 2. The highest BCUT2D eigenvalue weighted by molar-refractivity contribution is 6.31. The highest BCUT2D eigenvalue weighted by atomic mass is 35.5. The summed E-state index contributed by atoms with van der Waals surface area (Å²) in [6.45, 7) is 0. The molecule has 0 bridgehead atoms. The third kappa shape index (κ3) is 1.99. The van der Waals surface area contributed by atoms with Gasteiger partial charge in [0.05, 0.1) is 23.0 Å². The molecule has 0 radical (unpaired) electrons. The lowest BCUT2D eigenvalue weighted by Crippen LogP contribution is -2.16. The summed E-state index contributed by atoms with van der Waals surface area (Å²) in [6.07, 6.45) is 4.66. The van der Waals surface area contributed by atoms with Crippen molar-refractivity contribution in [2.75, 3.05) is 5.32 Å². The molecule has 4 heteroatoms. The predicted octanol–water partition coefficient (Wildman–Crippen LogP) is 4.56. The van der Waals surface area contributed by atoms with Crippen LogP contribution in [-0.2, 0) is 6.42 Å². The van der Waals surface area contributed by atoms with Crippen LogP contribution >= 0.6 is 11.6 Å². The Kier molecular flexibility index (Phi) is 3.00. The molecule has 3 rings (SSSR count). The molecular formula is C14H13ClFNO. The number of furan rings is 1. The number of rotatable bonds is 2. The summed E-state index contributed by atoms with van der Waals surface area (Å²) in [5, 5.41) is 3.35. The van der Waals surface area contributed by atoms with Crippen LogP contribution in [0.15, 0.2) is 34.9 Å². The first-order valence-electron chi connectivity index (χ1n) is 6.02. The molecule has 18 heavy (non-hydrogen) atoms. The van der Waals surface area contributed by atoms with E-state index in [9.17, 15) is 4.39 Å². The van der Waals surface area contributed by atoms with Gasteiger partial charge in [0.15, 0.2) is 5.82 Å². The van der Waals surface area contributed by atoms with Crippen molar-refractivity contribution < 1.29 is 8.81 Å². The van der Waals surface area contributed by atoms with Crippen LogP contribution in [0.3, 0.4) is 0 Å². The van der Waals surface area contributed by atoms with Gasteiger partial charge in [0, 0.05) is 12.0 Å². The van der Waals surface area contributed by atoms with E-state index in [4.69, 9.17) is 16.0 Å². The fourth-order valence-electron chi connectivity index (χ4n) is 2.44. The van der Waals surface area contributed by atoms with E-state index in [0.29, 0.717) is 5.69 Å². The third-order valence-corrected chi connectivity index (χ3v) is 3.63. The van der Waals surface area contributed by atoms with Gasteiger partial charge in [0.1, 0.15) is 5.76 Å². The van der Waals surface area contributed by atoms with Crippen LogP contribution in [-0.4, -0.2) is 0 Å². The van der Waals surface area contributed by atoms with E-state index in [1.165, 1.54) is 0 Å². The van der Waals surface area contributed by atoms with E-state index >= 15 is 0 Å². The number of aryl methyl sites for hydroxylation is 1. The van der Waals surface area contributed by atoms with Crippen LogP contribution in [0, 0.1) is 5.82 Å². The fraction of sp³-hybridized carbons (Fsp3) is 0.286. The molecule has 1 unspecified atom stereocenters. The summed E-state index contributed by atoms with van der Waals surface area (Å²) in [5.41, 5.74) is 1.57. The van der Waals surface area contributed by atoms with E-state index in [-0.39, 0.29) is 11.1 Å². The molecule has 2 nitrogen and oxygen atoms in total. The fourth-order valence-corrected chi connectivity index (χ4v) is 2.61. The molecule has 1 heterocycles. The van der Waals surface area contributed by atoms with Crippen LogP contribution in [0.25, 0.3) is 0 Å². The molecule has 1 atom stereocenters. The summed E-state index contributed by atoms with van der Waals surface area (Å²) in [4.78, 5) is 0. The van der Waals surface area contributed by atoms with Gasteiger partial charge in [-0.05, 0) is 31.0 Å². The van der Waals surface area contributed by atoms with Gasteiger partial charge in [0.2, 0.25) is 0 Å². The molecule has 0 fully saturated rings. The van der Waals surface area contributed by atoms with Gasteiger partial charge in [0.25, 0.3) is 0 Å². The first-order chi connectivity index (χ1) is 8.75. The monoisotopic (exact) mass is 265 g/mol. The molecular weight excluding hydrogens is 253 g/mol. The Balaban J connectivity index is 1.88. The number of fused-ring (bicyclic) bond motifs is 1. The summed E-state index contributed by atoms with van der Waals surface area (Å²) in [6, 6.07) is 7.05. The van der Waals surface area contributed by atoms with Crippen molar-refractivity contribution in [3.63, 3.8) is 0 Å². The highest BCUT2D eigenvalue weighted by Gasteiger charge is 2.23. The van der Waals surface area contributed by atoms with Crippen LogP contribution in [0.4, 0.5) is 10.1 Å². The van der Waals surface area contributed by atoms with Crippen molar-refractivity contribution in [3.05, 3.63) is 52.7 Å². The second kappa shape index (κ2) is 4.65. The Morgan fingerprint density at radius 1 is 1.33 bits per heavy atom. The maximum absolute atomic E-state index is 13.8. The minimum Gasteiger partial charge on any atom is -0.469 e. The Morgan fingerprint density at radius 2 is 2.22 bits per heavy atom. The van der Waals surface area contributed by atoms with E-state index in [1.807, 2.05) is 6.07 Å². The minimum absolute atomic E-state index is 0.0977. The maximum Gasteiger partial charge on any atom is 0.164 e. The standard InChI is InChI=1S/C14H13ClFNO/c15-10-3-1-5-12(14(10)16)17-11-4-2-6-13-9(11)7-8-18-13/h1,3,5,7-8,11,17H,2,4,6H2. The quantitative estimate of drug-likeness (QED) is 0.861. The van der Waals surface area contributed by atoms with E-state index in [2.05, 4.69) is 5.32 Å². The van der Waals surface area contributed by atoms with Crippen LogP contribution in [0.5, 0.6) is 0 Å². The number of hydrogen-bond donors (Lipinski definition) is 1. The van der Waals surface area contributed by atoms with Gasteiger partial charge in [-0.1, -0.05) is 17.7 Å². The van der Waals surface area contributed by atoms with Crippen molar-refractivity contribution in [3.8, 4) is 0 Å². The Labute approximate surface area is 110 Å². The smallest absolute Gasteiger partial charge is 0.164 e. The Bertz CT molecular complexity index is 567. The number of halogens is 2. The van der Waals surface area contributed by atoms with E-state index in [1.54, 1.807) is 24.5 Å². The molecule has 1 aliphatic rings. The number of benzene rings is 1. The lowest BCUT2D eigenvalue weighted by molar-refractivity contribution is 0.461. The topological polar surface area (TPSA) is 25.2 Å². The van der Waals surface area contributed by atoms with Gasteiger partial charge in [-0.25, -0.2) is 4.39 Å². The zero-order valence-corrected chi connectivity index (χ0v) is 10.5. The van der Waals surface area contributed by atoms with Crippen LogP contribution < -0.4 is 5.32 Å². The molecule has 0 spiro atoms. The minimum atomic E-state index is -0.394. The molecule has 1 aromatic carbocycles. The van der Waals surface area contributed by atoms with E-state index in [0.717, 1.165) is 30.6 Å². The van der Waals surface area contributed by atoms with Crippen molar-refractivity contribution >= 4 is 17.3 Å². The normalized spacial score (nSPS) is 18.4. The van der Waals surface area contributed by atoms with Crippen molar-refractivity contribution in [2.45, 2.75) is 25.3 Å². The van der Waals surface area contributed by atoms with Crippen LogP contribution in [0.1, 0.15) is 30.2 Å². The lowest BCUT2D eigenvalue weighted by atomic mass is 9.93. The summed E-state index contributed by atoms with van der Waals surface area (Å²) >= 11 is 5.78. The molecule has 0 saturated heterocycles. The zero-order chi connectivity index (χ0) is 12.5. The summed E-state index contributed by atoms with van der Waals surface area (Å²) in [7, 11) is 0. The molecule has 1 aliphatic carbocycles. The van der Waals surface area contributed by atoms with Gasteiger partial charge in [-0.3, -0.25) is 0 Å². The summed E-state index contributed by atoms with van der Waals surface area (Å²) in [5.74, 6) is 0.607. The SMILES string of the molecule is Fc1c(Cl)cccc1NC1CCCc2occc21. The second-order valence-corrected chi connectivity index (χ2v) is 4.90. The van der Waals surface area contributed by atoms with Gasteiger partial charge in [-0.15, -0.1) is 0 Å². The molecule has 94 valence electrons. The predicted molar refractivity (Wildman–Crippen MR) is 69.4 cm³/mol. The Morgan fingerprint density at radius 3 is 3.11 bits per heavy atom. The lowest BCUT2D eigenvalue weighted by Gasteiger charge is -2.24. The second-order valence-electron chi connectivity index (χ2n) is 4.49. The molecule has 2 aromatic rings. The molecule has 1 N–H and O–H groups in total. The van der Waals surface area contributed by atoms with Crippen molar-refractivity contribution in [1.82, 2.24) is 0 Å². The molecule has 1 aromatic heterocycles. The maximum atomic E-state index is 13.8. The highest BCUT2D eigenvalue weighted by Crippen LogP contribution is 2.34. The van der Waals surface area contributed by atoms with Gasteiger partial charge in [-0.2, -0.15) is 0 Å². The zero-order valence-electron chi connectivity index (χ0n) is 9.75. The first-order valence-corrected chi connectivity index (χ1v) is 6.40. The molecule has 0 amide bonds. The molecule has 0 saturated carbocycles. The van der Waals surface area contributed by atoms with E-state index < -0.39 is 5.82 Å².